The van der Waals surface area contributed by atoms with E-state index in [4.69, 9.17) is 0 Å². The van der Waals surface area contributed by atoms with Gasteiger partial charge in [0.1, 0.15) is 5.78 Å². The zero-order valence-corrected chi connectivity index (χ0v) is 24.9. The van der Waals surface area contributed by atoms with Crippen LogP contribution < -0.4 is 4.72 Å². The summed E-state index contributed by atoms with van der Waals surface area (Å²) in [6, 6.07) is 13.5. The molecule has 0 bridgehead atoms. The maximum absolute atomic E-state index is 13.9. The van der Waals surface area contributed by atoms with Gasteiger partial charge in [-0.1, -0.05) is 49.6 Å². The van der Waals surface area contributed by atoms with E-state index in [0.29, 0.717) is 44.0 Å². The molecule has 0 spiro atoms. The molecule has 3 heterocycles. The van der Waals surface area contributed by atoms with Gasteiger partial charge >= 0.3 is 10.2 Å². The molecule has 0 atom stereocenters. The predicted molar refractivity (Wildman–Crippen MR) is 162 cm³/mol. The van der Waals surface area contributed by atoms with Gasteiger partial charge in [0.05, 0.1) is 12.2 Å². The first-order valence-corrected chi connectivity index (χ1v) is 16.1. The van der Waals surface area contributed by atoms with E-state index in [-0.39, 0.29) is 17.3 Å². The van der Waals surface area contributed by atoms with Crippen molar-refractivity contribution >= 4 is 44.8 Å². The van der Waals surface area contributed by atoms with E-state index in [0.717, 1.165) is 57.7 Å². The molecule has 1 N–H and O–H groups in total. The molecule has 220 valence electrons. The first-order chi connectivity index (χ1) is 20.1. The van der Waals surface area contributed by atoms with Gasteiger partial charge in [0, 0.05) is 67.6 Å². The molecule has 1 aliphatic carbocycles. The van der Waals surface area contributed by atoms with Crippen LogP contribution in [0.15, 0.2) is 48.0 Å². The molecule has 2 aromatic carbocycles. The van der Waals surface area contributed by atoms with Crippen LogP contribution >= 0.6 is 0 Å². The van der Waals surface area contributed by atoms with Crippen molar-refractivity contribution in [1.82, 2.24) is 18.5 Å². The predicted octanol–water partition coefficient (Wildman–Crippen LogP) is 4.48. The summed E-state index contributed by atoms with van der Waals surface area (Å²) in [7, 11) is -1.24. The minimum atomic E-state index is -3.97. The maximum atomic E-state index is 13.9. The number of hydrogen-bond donors (Lipinski definition) is 1. The first-order valence-electron chi connectivity index (χ1n) is 14.7. The number of hydrogen-bond acceptors (Lipinski definition) is 5. The summed E-state index contributed by atoms with van der Waals surface area (Å²) in [5.74, 6) is -0.279. The van der Waals surface area contributed by atoms with Gasteiger partial charge in [0.15, 0.2) is 0 Å². The number of ketones is 1. The normalized spacial score (nSPS) is 17.9. The number of nitrogens with one attached hydrogen (secondary N) is 1. The van der Waals surface area contributed by atoms with E-state index in [1.165, 1.54) is 26.1 Å². The summed E-state index contributed by atoms with van der Waals surface area (Å²) in [6.45, 7) is 1.12. The standard InChI is InChI=1S/C32H36N4O5S/c1-34(2)42(40,41)33-31(38)23-12-13-27-28(19-23)36-20-24(32(39)35-16-14-25(37)15-17-35)18-22-10-6-7-11-26(22)30(36)29(27)21-8-4-3-5-9-21/h6-7,10-13,18-19,21H,3-5,8-9,14-17,20H2,1-2H3,(H,33,38). The molecule has 0 radical (unpaired) electrons. The molecule has 9 nitrogen and oxygen atoms in total. The van der Waals surface area contributed by atoms with E-state index in [2.05, 4.69) is 15.4 Å². The van der Waals surface area contributed by atoms with E-state index in [1.807, 2.05) is 30.3 Å². The van der Waals surface area contributed by atoms with Crippen molar-refractivity contribution in [2.75, 3.05) is 27.2 Å². The highest BCUT2D eigenvalue weighted by Crippen LogP contribution is 2.46. The van der Waals surface area contributed by atoms with Gasteiger partial charge < -0.3 is 9.47 Å². The number of nitrogens with zero attached hydrogens (tertiary/aromatic N) is 3. The number of carbonyl (C=O) groups excluding carboxylic acids is 3. The van der Waals surface area contributed by atoms with Gasteiger partial charge in [0.25, 0.3) is 11.8 Å². The van der Waals surface area contributed by atoms with Crippen molar-refractivity contribution in [3.05, 3.63) is 64.7 Å². The Bertz CT molecular complexity index is 1720. The number of Topliss-reactive ketones (excluding diaryl/α,β-unsaturated/α-hetero) is 1. The van der Waals surface area contributed by atoms with Gasteiger partial charge in [-0.05, 0) is 48.1 Å². The van der Waals surface area contributed by atoms with Gasteiger partial charge in [0.2, 0.25) is 0 Å². The van der Waals surface area contributed by atoms with E-state index < -0.39 is 16.1 Å². The third-order valence-electron chi connectivity index (χ3n) is 8.84. The summed E-state index contributed by atoms with van der Waals surface area (Å²) in [4.78, 5) is 40.6. The molecule has 0 unspecified atom stereocenters. The lowest BCUT2D eigenvalue weighted by atomic mass is 9.81. The Kier molecular flexibility index (Phi) is 7.53. The summed E-state index contributed by atoms with van der Waals surface area (Å²) in [6.07, 6.45) is 8.36. The van der Waals surface area contributed by atoms with Gasteiger partial charge in [-0.2, -0.15) is 12.7 Å². The van der Waals surface area contributed by atoms with Crippen molar-refractivity contribution < 1.29 is 22.8 Å². The van der Waals surface area contributed by atoms with Crippen molar-refractivity contribution in [1.29, 1.82) is 0 Å². The monoisotopic (exact) mass is 588 g/mol. The molecule has 1 saturated carbocycles. The van der Waals surface area contributed by atoms with Crippen molar-refractivity contribution in [2.24, 2.45) is 0 Å². The Labute approximate surface area is 246 Å². The fourth-order valence-electron chi connectivity index (χ4n) is 6.58. The minimum absolute atomic E-state index is 0.0859. The van der Waals surface area contributed by atoms with Crippen LogP contribution in [0.25, 0.3) is 28.2 Å². The highest BCUT2D eigenvalue weighted by molar-refractivity contribution is 7.87. The molecule has 2 fully saturated rings. The van der Waals surface area contributed by atoms with Crippen LogP contribution in [0.4, 0.5) is 0 Å². The van der Waals surface area contributed by atoms with Crippen LogP contribution in [0.2, 0.25) is 0 Å². The third-order valence-corrected chi connectivity index (χ3v) is 10.2. The number of amides is 2. The highest BCUT2D eigenvalue weighted by atomic mass is 32.2. The molecule has 2 aliphatic heterocycles. The van der Waals surface area contributed by atoms with Crippen LogP contribution in [0.3, 0.4) is 0 Å². The Morgan fingerprint density at radius 2 is 1.69 bits per heavy atom. The number of piperidine rings is 1. The number of benzene rings is 2. The molecule has 2 amide bonds. The second-order valence-corrected chi connectivity index (χ2v) is 13.6. The lowest BCUT2D eigenvalue weighted by molar-refractivity contribution is -0.131. The van der Waals surface area contributed by atoms with Crippen LogP contribution in [0, 0.1) is 0 Å². The Morgan fingerprint density at radius 3 is 2.40 bits per heavy atom. The van der Waals surface area contributed by atoms with E-state index >= 15 is 0 Å². The second-order valence-electron chi connectivity index (χ2n) is 11.7. The number of aromatic nitrogens is 1. The highest BCUT2D eigenvalue weighted by Gasteiger charge is 2.32. The van der Waals surface area contributed by atoms with E-state index in [1.54, 1.807) is 17.0 Å². The number of likely N-dealkylation sites (tertiary alicyclic amines) is 1. The smallest absolute Gasteiger partial charge is 0.303 e. The number of fused-ring (bicyclic) bond motifs is 5. The average molecular weight is 589 g/mol. The topological polar surface area (TPSA) is 109 Å². The molecular formula is C32H36N4O5S. The summed E-state index contributed by atoms with van der Waals surface area (Å²) in [5.41, 5.74) is 5.92. The Hall–Kier alpha value is -3.76. The molecule has 6 rings (SSSR count). The molecule has 42 heavy (non-hydrogen) atoms. The lowest BCUT2D eigenvalue weighted by Crippen LogP contribution is -2.40. The number of carbonyl (C=O) groups is 3. The zero-order chi connectivity index (χ0) is 29.6. The van der Waals surface area contributed by atoms with Crippen molar-refractivity contribution in [3.63, 3.8) is 0 Å². The molecule has 3 aromatic rings. The van der Waals surface area contributed by atoms with Crippen LogP contribution in [-0.2, 0) is 26.3 Å². The first kappa shape index (κ1) is 28.4. The van der Waals surface area contributed by atoms with Crippen molar-refractivity contribution in [3.8, 4) is 11.3 Å². The third kappa shape index (κ3) is 5.18. The SMILES string of the molecule is CN(C)S(=O)(=O)NC(=O)c1ccc2c(C3CCCCC3)c3n(c2c1)CC(C(=O)N1CCC(=O)CC1)=Cc1ccccc1-3. The molecular weight excluding hydrogens is 552 g/mol. The van der Waals surface area contributed by atoms with Crippen LogP contribution in [0.5, 0.6) is 0 Å². The molecule has 3 aliphatic rings. The van der Waals surface area contributed by atoms with E-state index in [9.17, 15) is 22.8 Å². The Morgan fingerprint density at radius 1 is 0.976 bits per heavy atom. The second kappa shape index (κ2) is 11.1. The van der Waals surface area contributed by atoms with Crippen molar-refractivity contribution in [2.45, 2.75) is 57.4 Å². The average Bonchev–Trinajstić information content (AvgIpc) is 3.19. The van der Waals surface area contributed by atoms with Crippen LogP contribution in [0.1, 0.15) is 72.3 Å². The largest absolute Gasteiger partial charge is 0.338 e. The zero-order valence-electron chi connectivity index (χ0n) is 24.1. The maximum Gasteiger partial charge on any atom is 0.303 e. The summed E-state index contributed by atoms with van der Waals surface area (Å²) < 4.78 is 30.1. The Balaban J connectivity index is 1.52. The molecule has 1 aromatic heterocycles. The summed E-state index contributed by atoms with van der Waals surface area (Å²) in [5, 5.41) is 1.02. The molecule has 1 saturated heterocycles. The lowest BCUT2D eigenvalue weighted by Gasteiger charge is -2.27. The summed E-state index contributed by atoms with van der Waals surface area (Å²) >= 11 is 0. The fraction of sp³-hybridized carbons (Fsp3) is 0.406. The van der Waals surface area contributed by atoms with Crippen LogP contribution in [-0.4, -0.2) is 67.0 Å². The van der Waals surface area contributed by atoms with Gasteiger partial charge in [-0.25, -0.2) is 4.72 Å². The molecule has 10 heteroatoms. The fourth-order valence-corrected chi connectivity index (χ4v) is 7.11. The van der Waals surface area contributed by atoms with Gasteiger partial charge in [-0.15, -0.1) is 0 Å². The minimum Gasteiger partial charge on any atom is -0.338 e. The van der Waals surface area contributed by atoms with Gasteiger partial charge in [-0.3, -0.25) is 14.4 Å². The quantitative estimate of drug-likeness (QED) is 0.473. The number of rotatable bonds is 5.